The molecule has 0 fully saturated rings. The van der Waals surface area contributed by atoms with E-state index in [9.17, 15) is 21.0 Å². The van der Waals surface area contributed by atoms with Crippen LogP contribution >= 0.6 is 0 Å². The zero-order chi connectivity index (χ0) is 50.5. The number of nitrogens with zero attached hydrogens (tertiary/aromatic N) is 8. The SMILES string of the molecule is [C-]#[N+]c1cccc(-c2ccc3c4ccc(-c5cccc([N+]#[C-])c5)cc4n(-c4cc(-c5cccc(C#N)c5)cc(-n5c6cc(-c7cccc(C#N)c7)ccc6c6ccc(-c7cccc(C#N)c7)cc65)c4C#N)c3c2)c1. The van der Waals surface area contributed by atoms with E-state index in [0.717, 1.165) is 99.2 Å². The van der Waals surface area contributed by atoms with Gasteiger partial charge in [-0.25, -0.2) is 9.69 Å². The standard InChI is InChI=1S/C66H34N8/c1-71-54-16-6-14-47(29-54)51-20-24-58-59-25-21-52(48-15-7-17-55(30-48)72-2)34-64(59)74(63(58)33-51)66-36-53(46-13-5-10-43(28-46)39-69)35-65(60(66)40-70)73-61-31-49(44-11-3-8-41(26-44)37-67)18-22-56(61)57-23-19-50(32-62(57)73)45-12-4-9-42(27-45)38-68/h3-36H. The van der Waals surface area contributed by atoms with Gasteiger partial charge < -0.3 is 9.13 Å². The third-order valence-corrected chi connectivity index (χ3v) is 13.8. The molecule has 2 heterocycles. The monoisotopic (exact) mass is 938 g/mol. The lowest BCUT2D eigenvalue weighted by Gasteiger charge is -2.19. The number of nitriles is 4. The second kappa shape index (κ2) is 17.9. The Morgan fingerprint density at radius 3 is 0.905 bits per heavy atom. The molecule has 0 spiro atoms. The highest BCUT2D eigenvalue weighted by atomic mass is 15.0. The number of rotatable bonds is 7. The Balaban J connectivity index is 1.23. The van der Waals surface area contributed by atoms with Crippen LogP contribution in [-0.4, -0.2) is 9.13 Å². The van der Waals surface area contributed by atoms with Crippen LogP contribution in [0.4, 0.5) is 11.4 Å². The number of fused-ring (bicyclic) bond motifs is 6. The van der Waals surface area contributed by atoms with Crippen LogP contribution in [0, 0.1) is 58.5 Å². The summed E-state index contributed by atoms with van der Waals surface area (Å²) in [4.78, 5) is 7.45. The maximum Gasteiger partial charge on any atom is 0.187 e. The van der Waals surface area contributed by atoms with E-state index in [4.69, 9.17) is 13.1 Å². The summed E-state index contributed by atoms with van der Waals surface area (Å²) in [6, 6.07) is 76.3. The predicted octanol–water partition coefficient (Wildman–Crippen LogP) is 16.8. The lowest BCUT2D eigenvalue weighted by molar-refractivity contribution is 1.12. The van der Waals surface area contributed by atoms with Crippen LogP contribution < -0.4 is 0 Å². The molecule has 0 bridgehead atoms. The van der Waals surface area contributed by atoms with E-state index in [1.54, 1.807) is 30.3 Å². The van der Waals surface area contributed by atoms with Gasteiger partial charge in [0.2, 0.25) is 0 Å². The van der Waals surface area contributed by atoms with Crippen LogP contribution in [0.2, 0.25) is 0 Å². The molecule has 0 saturated carbocycles. The Bertz CT molecular complexity index is 4150. The minimum absolute atomic E-state index is 0.373. The third kappa shape index (κ3) is 7.44. The summed E-state index contributed by atoms with van der Waals surface area (Å²) in [6.45, 7) is 15.6. The lowest BCUT2D eigenvalue weighted by Crippen LogP contribution is -2.05. The quantitative estimate of drug-likeness (QED) is 0.148. The molecule has 338 valence electrons. The molecule has 2 aromatic heterocycles. The lowest BCUT2D eigenvalue weighted by atomic mass is 9.98. The van der Waals surface area contributed by atoms with E-state index in [0.29, 0.717) is 45.0 Å². The van der Waals surface area contributed by atoms with Crippen LogP contribution in [-0.2, 0) is 0 Å². The van der Waals surface area contributed by atoms with Gasteiger partial charge in [-0.3, -0.25) is 0 Å². The summed E-state index contributed by atoms with van der Waals surface area (Å²) in [7, 11) is 0. The van der Waals surface area contributed by atoms with E-state index in [1.165, 1.54) is 0 Å². The summed E-state index contributed by atoms with van der Waals surface area (Å²) in [6.07, 6.45) is 0. The zero-order valence-corrected chi connectivity index (χ0v) is 39.2. The topological polar surface area (TPSA) is 114 Å². The first-order valence-corrected chi connectivity index (χ1v) is 23.6. The van der Waals surface area contributed by atoms with Crippen LogP contribution in [0.1, 0.15) is 22.3 Å². The number of aromatic nitrogens is 2. The zero-order valence-electron chi connectivity index (χ0n) is 39.2. The molecular weight excluding hydrogens is 905 g/mol. The number of benzene rings is 10. The minimum atomic E-state index is 0.373. The fourth-order valence-electron chi connectivity index (χ4n) is 10.3. The summed E-state index contributed by atoms with van der Waals surface area (Å²) in [5.41, 5.74) is 15.9. The Kier molecular flexibility index (Phi) is 10.7. The molecule has 10 aromatic carbocycles. The normalized spacial score (nSPS) is 10.9. The van der Waals surface area contributed by atoms with Gasteiger partial charge in [0, 0.05) is 21.5 Å². The molecule has 0 aliphatic heterocycles. The Morgan fingerprint density at radius 1 is 0.297 bits per heavy atom. The van der Waals surface area contributed by atoms with Crippen LogP contribution in [0.3, 0.4) is 0 Å². The summed E-state index contributed by atoms with van der Waals surface area (Å²) < 4.78 is 4.30. The van der Waals surface area contributed by atoms with Crippen molar-refractivity contribution in [2.75, 3.05) is 0 Å². The molecule has 0 aliphatic carbocycles. The van der Waals surface area contributed by atoms with E-state index < -0.39 is 0 Å². The number of hydrogen-bond acceptors (Lipinski definition) is 4. The van der Waals surface area contributed by atoms with Gasteiger partial charge in [-0.05, 0) is 141 Å². The third-order valence-electron chi connectivity index (χ3n) is 13.8. The van der Waals surface area contributed by atoms with Crippen molar-refractivity contribution in [3.8, 4) is 91.3 Å². The summed E-state index contributed by atoms with van der Waals surface area (Å²) in [5.74, 6) is 0. The first-order chi connectivity index (χ1) is 36.4. The highest BCUT2D eigenvalue weighted by molar-refractivity contribution is 6.13. The molecule has 0 saturated heterocycles. The van der Waals surface area contributed by atoms with Crippen LogP contribution in [0.5, 0.6) is 0 Å². The Morgan fingerprint density at radius 2 is 0.595 bits per heavy atom. The second-order valence-electron chi connectivity index (χ2n) is 18.0. The van der Waals surface area contributed by atoms with Crippen molar-refractivity contribution in [3.63, 3.8) is 0 Å². The summed E-state index contributed by atoms with van der Waals surface area (Å²) >= 11 is 0. The first kappa shape index (κ1) is 44.0. The molecule has 8 nitrogen and oxygen atoms in total. The smallest absolute Gasteiger partial charge is 0.187 e. The van der Waals surface area contributed by atoms with E-state index in [-0.39, 0.29) is 0 Å². The van der Waals surface area contributed by atoms with Gasteiger partial charge in [0.1, 0.15) is 11.6 Å². The van der Waals surface area contributed by atoms with Gasteiger partial charge in [0.05, 0.1) is 81.5 Å². The van der Waals surface area contributed by atoms with Crippen molar-refractivity contribution >= 4 is 55.0 Å². The molecule has 0 radical (unpaired) electrons. The molecule has 0 atom stereocenters. The molecule has 0 amide bonds. The van der Waals surface area contributed by atoms with Gasteiger partial charge >= 0.3 is 0 Å². The molecule has 12 aromatic rings. The maximum atomic E-state index is 12.0. The Hall–Kier alpha value is -11.3. The van der Waals surface area contributed by atoms with Gasteiger partial charge in [-0.1, -0.05) is 121 Å². The van der Waals surface area contributed by atoms with Gasteiger partial charge in [-0.2, -0.15) is 21.0 Å². The van der Waals surface area contributed by atoms with Gasteiger partial charge in [0.15, 0.2) is 11.4 Å². The molecule has 0 unspecified atom stereocenters. The molecule has 0 aliphatic rings. The minimum Gasteiger partial charge on any atom is -0.308 e. The second-order valence-corrected chi connectivity index (χ2v) is 18.0. The number of hydrogen-bond donors (Lipinski definition) is 0. The van der Waals surface area contributed by atoms with Crippen molar-refractivity contribution in [2.45, 2.75) is 0 Å². The van der Waals surface area contributed by atoms with Crippen LogP contribution in [0.25, 0.3) is 120 Å². The van der Waals surface area contributed by atoms with Crippen molar-refractivity contribution in [2.24, 2.45) is 0 Å². The van der Waals surface area contributed by atoms with Crippen molar-refractivity contribution < 1.29 is 0 Å². The molecule has 0 N–H and O–H groups in total. The van der Waals surface area contributed by atoms with Crippen molar-refractivity contribution in [1.82, 2.24) is 9.13 Å². The fourth-order valence-corrected chi connectivity index (χ4v) is 10.3. The summed E-state index contributed by atoms with van der Waals surface area (Å²) in [5, 5.41) is 45.8. The maximum absolute atomic E-state index is 12.0. The van der Waals surface area contributed by atoms with Crippen molar-refractivity contribution in [1.29, 1.82) is 21.0 Å². The highest BCUT2D eigenvalue weighted by Crippen LogP contribution is 2.44. The van der Waals surface area contributed by atoms with E-state index in [2.05, 4.69) is 116 Å². The van der Waals surface area contributed by atoms with E-state index >= 15 is 0 Å². The highest BCUT2D eigenvalue weighted by Gasteiger charge is 2.24. The molecule has 12 rings (SSSR count). The van der Waals surface area contributed by atoms with Gasteiger partial charge in [0.25, 0.3) is 0 Å². The predicted molar refractivity (Wildman–Crippen MR) is 294 cm³/mol. The first-order valence-electron chi connectivity index (χ1n) is 23.6. The molecule has 8 heteroatoms. The molecular formula is C66H34N8. The molecule has 74 heavy (non-hydrogen) atoms. The Labute approximate surface area is 425 Å². The average Bonchev–Trinajstić information content (AvgIpc) is 3.98. The largest absolute Gasteiger partial charge is 0.308 e. The fraction of sp³-hybridized carbons (Fsp3) is 0. The van der Waals surface area contributed by atoms with Crippen LogP contribution in [0.15, 0.2) is 206 Å². The van der Waals surface area contributed by atoms with Gasteiger partial charge in [-0.15, -0.1) is 0 Å². The average molecular weight is 939 g/mol. The van der Waals surface area contributed by atoms with E-state index in [1.807, 2.05) is 103 Å². The van der Waals surface area contributed by atoms with Crippen molar-refractivity contribution in [3.05, 3.63) is 251 Å².